The third kappa shape index (κ3) is 3.27. The number of aromatic nitrogens is 1. The van der Waals surface area contributed by atoms with E-state index in [0.717, 1.165) is 29.8 Å². The molecule has 0 aliphatic carbocycles. The van der Waals surface area contributed by atoms with E-state index < -0.39 is 0 Å². The number of nitrogens with zero attached hydrogens (tertiary/aromatic N) is 2. The highest BCUT2D eigenvalue weighted by Crippen LogP contribution is 2.24. The molecule has 3 nitrogen and oxygen atoms in total. The monoisotopic (exact) mass is 297 g/mol. The minimum absolute atomic E-state index is 0.509. The van der Waals surface area contributed by atoms with Crippen LogP contribution in [0.5, 0.6) is 0 Å². The van der Waals surface area contributed by atoms with Crippen LogP contribution in [0, 0.1) is 5.92 Å². The molecule has 0 bridgehead atoms. The van der Waals surface area contributed by atoms with Gasteiger partial charge in [0.05, 0.1) is 5.69 Å². The van der Waals surface area contributed by atoms with Crippen LogP contribution in [0.15, 0.2) is 22.8 Å². The van der Waals surface area contributed by atoms with Gasteiger partial charge in [-0.15, -0.1) is 0 Å². The fraction of sp³-hybridized carbons (Fsp3) is 0.615. The SMILES string of the molecule is CC1CCCN(Cc2ccc(Br)cn2)C1CN. The quantitative estimate of drug-likeness (QED) is 0.932. The van der Waals surface area contributed by atoms with Crippen LogP contribution in [0.4, 0.5) is 0 Å². The summed E-state index contributed by atoms with van der Waals surface area (Å²) in [5, 5.41) is 0. The Hall–Kier alpha value is -0.450. The Kier molecular flexibility index (Phi) is 4.54. The summed E-state index contributed by atoms with van der Waals surface area (Å²) in [4.78, 5) is 6.91. The molecule has 1 aliphatic heterocycles. The highest BCUT2D eigenvalue weighted by molar-refractivity contribution is 9.10. The smallest absolute Gasteiger partial charge is 0.0544 e. The van der Waals surface area contributed by atoms with E-state index in [1.165, 1.54) is 12.8 Å². The van der Waals surface area contributed by atoms with Gasteiger partial charge in [0.15, 0.2) is 0 Å². The van der Waals surface area contributed by atoms with Crippen molar-refractivity contribution in [3.63, 3.8) is 0 Å². The molecule has 0 spiro atoms. The van der Waals surface area contributed by atoms with Crippen LogP contribution < -0.4 is 5.73 Å². The largest absolute Gasteiger partial charge is 0.329 e. The standard InChI is InChI=1S/C13H20BrN3/c1-10-3-2-6-17(13(10)7-15)9-12-5-4-11(14)8-16-12/h4-5,8,10,13H,2-3,6-7,9,15H2,1H3. The number of hydrogen-bond donors (Lipinski definition) is 1. The van der Waals surface area contributed by atoms with Crippen molar-refractivity contribution in [3.8, 4) is 0 Å². The van der Waals surface area contributed by atoms with E-state index >= 15 is 0 Å². The van der Waals surface area contributed by atoms with E-state index in [4.69, 9.17) is 5.73 Å². The number of likely N-dealkylation sites (tertiary alicyclic amines) is 1. The number of halogens is 1. The predicted octanol–water partition coefficient (Wildman–Crippen LogP) is 2.40. The molecule has 1 aliphatic rings. The number of nitrogens with two attached hydrogens (primary N) is 1. The van der Waals surface area contributed by atoms with Gasteiger partial charge < -0.3 is 5.73 Å². The molecule has 2 unspecified atom stereocenters. The molecule has 1 fully saturated rings. The van der Waals surface area contributed by atoms with Crippen LogP contribution in [-0.4, -0.2) is 29.0 Å². The van der Waals surface area contributed by atoms with Gasteiger partial charge >= 0.3 is 0 Å². The summed E-state index contributed by atoms with van der Waals surface area (Å²) >= 11 is 3.41. The molecule has 17 heavy (non-hydrogen) atoms. The molecule has 94 valence electrons. The summed E-state index contributed by atoms with van der Waals surface area (Å²) in [5.41, 5.74) is 7.02. The van der Waals surface area contributed by atoms with Crippen LogP contribution in [0.1, 0.15) is 25.5 Å². The van der Waals surface area contributed by atoms with E-state index in [1.54, 1.807) is 0 Å². The zero-order valence-electron chi connectivity index (χ0n) is 10.3. The fourth-order valence-corrected chi connectivity index (χ4v) is 2.85. The topological polar surface area (TPSA) is 42.2 Å². The second-order valence-electron chi connectivity index (χ2n) is 4.86. The molecule has 0 saturated carbocycles. The van der Waals surface area contributed by atoms with Crippen molar-refractivity contribution < 1.29 is 0 Å². The van der Waals surface area contributed by atoms with Crippen molar-refractivity contribution in [2.24, 2.45) is 11.7 Å². The highest BCUT2D eigenvalue weighted by Gasteiger charge is 2.27. The molecule has 0 amide bonds. The van der Waals surface area contributed by atoms with Crippen molar-refractivity contribution in [3.05, 3.63) is 28.5 Å². The van der Waals surface area contributed by atoms with E-state index in [-0.39, 0.29) is 0 Å². The molecule has 2 rings (SSSR count). The summed E-state index contributed by atoms with van der Waals surface area (Å²) in [6.45, 7) is 5.11. The Bertz CT molecular complexity index is 352. The Balaban J connectivity index is 2.03. The van der Waals surface area contributed by atoms with Crippen molar-refractivity contribution in [1.82, 2.24) is 9.88 Å². The summed E-state index contributed by atoms with van der Waals surface area (Å²) < 4.78 is 1.03. The van der Waals surface area contributed by atoms with E-state index in [2.05, 4.69) is 38.8 Å². The molecule has 0 aromatic carbocycles. The maximum Gasteiger partial charge on any atom is 0.0544 e. The van der Waals surface area contributed by atoms with E-state index in [0.29, 0.717) is 12.0 Å². The number of pyridine rings is 1. The van der Waals surface area contributed by atoms with Gasteiger partial charge in [-0.2, -0.15) is 0 Å². The van der Waals surface area contributed by atoms with E-state index in [9.17, 15) is 0 Å². The molecular formula is C13H20BrN3. The molecule has 4 heteroatoms. The lowest BCUT2D eigenvalue weighted by Gasteiger charge is -2.39. The van der Waals surface area contributed by atoms with Crippen LogP contribution in [-0.2, 0) is 6.54 Å². The second kappa shape index (κ2) is 5.94. The van der Waals surface area contributed by atoms with Gasteiger partial charge in [-0.05, 0) is 53.4 Å². The number of piperidine rings is 1. The first-order chi connectivity index (χ1) is 8.20. The Labute approximate surface area is 112 Å². The van der Waals surface area contributed by atoms with Gasteiger partial charge in [-0.3, -0.25) is 9.88 Å². The van der Waals surface area contributed by atoms with Gasteiger partial charge in [0, 0.05) is 29.8 Å². The van der Waals surface area contributed by atoms with Crippen LogP contribution >= 0.6 is 15.9 Å². The fourth-order valence-electron chi connectivity index (χ4n) is 2.62. The van der Waals surface area contributed by atoms with Crippen LogP contribution in [0.3, 0.4) is 0 Å². The summed E-state index contributed by atoms with van der Waals surface area (Å²) in [7, 11) is 0. The van der Waals surface area contributed by atoms with Crippen LogP contribution in [0.2, 0.25) is 0 Å². The highest BCUT2D eigenvalue weighted by atomic mass is 79.9. The van der Waals surface area contributed by atoms with Gasteiger partial charge in [0.25, 0.3) is 0 Å². The maximum atomic E-state index is 5.89. The van der Waals surface area contributed by atoms with Gasteiger partial charge in [0.1, 0.15) is 0 Å². The average Bonchev–Trinajstić information content (AvgIpc) is 2.32. The maximum absolute atomic E-state index is 5.89. The summed E-state index contributed by atoms with van der Waals surface area (Å²) in [5.74, 6) is 0.698. The average molecular weight is 298 g/mol. The molecule has 2 atom stereocenters. The molecule has 2 heterocycles. The zero-order chi connectivity index (χ0) is 12.3. The van der Waals surface area contributed by atoms with Crippen molar-refractivity contribution >= 4 is 15.9 Å². The Morgan fingerprint density at radius 2 is 2.35 bits per heavy atom. The first-order valence-electron chi connectivity index (χ1n) is 6.25. The molecule has 1 aromatic rings. The lowest BCUT2D eigenvalue weighted by Crippen LogP contribution is -2.48. The second-order valence-corrected chi connectivity index (χ2v) is 5.78. The van der Waals surface area contributed by atoms with Crippen molar-refractivity contribution in [2.75, 3.05) is 13.1 Å². The molecule has 1 aromatic heterocycles. The number of hydrogen-bond acceptors (Lipinski definition) is 3. The lowest BCUT2D eigenvalue weighted by molar-refractivity contribution is 0.0978. The lowest BCUT2D eigenvalue weighted by atomic mass is 9.90. The van der Waals surface area contributed by atoms with Gasteiger partial charge in [0.2, 0.25) is 0 Å². The minimum Gasteiger partial charge on any atom is -0.329 e. The molecule has 1 saturated heterocycles. The normalized spacial score (nSPS) is 26.1. The van der Waals surface area contributed by atoms with Crippen molar-refractivity contribution in [1.29, 1.82) is 0 Å². The predicted molar refractivity (Wildman–Crippen MR) is 73.6 cm³/mol. The number of rotatable bonds is 3. The zero-order valence-corrected chi connectivity index (χ0v) is 11.9. The first-order valence-corrected chi connectivity index (χ1v) is 7.04. The third-order valence-corrected chi connectivity index (χ3v) is 4.09. The molecular weight excluding hydrogens is 278 g/mol. The summed E-state index contributed by atoms with van der Waals surface area (Å²) in [6.07, 6.45) is 4.43. The van der Waals surface area contributed by atoms with Crippen LogP contribution in [0.25, 0.3) is 0 Å². The molecule has 0 radical (unpaired) electrons. The Morgan fingerprint density at radius 1 is 1.53 bits per heavy atom. The van der Waals surface area contributed by atoms with E-state index in [1.807, 2.05) is 12.3 Å². The van der Waals surface area contributed by atoms with Crippen molar-refractivity contribution in [2.45, 2.75) is 32.4 Å². The molecule has 2 N–H and O–H groups in total. The van der Waals surface area contributed by atoms with Gasteiger partial charge in [-0.1, -0.05) is 6.92 Å². The third-order valence-electron chi connectivity index (χ3n) is 3.63. The van der Waals surface area contributed by atoms with Gasteiger partial charge in [-0.25, -0.2) is 0 Å². The first kappa shape index (κ1) is 13.0. The summed E-state index contributed by atoms with van der Waals surface area (Å²) in [6, 6.07) is 4.64. The minimum atomic E-state index is 0.509. The Morgan fingerprint density at radius 3 is 3.00 bits per heavy atom.